The zero-order valence-electron chi connectivity index (χ0n) is 19.3. The lowest BCUT2D eigenvalue weighted by Crippen LogP contribution is -2.48. The van der Waals surface area contributed by atoms with Crippen LogP contribution in [0.4, 0.5) is 10.6 Å². The molecule has 3 aromatic rings. The van der Waals surface area contributed by atoms with Gasteiger partial charge in [0.25, 0.3) is 0 Å². The Balaban J connectivity index is 1.24. The molecule has 1 aromatic carbocycles. The molecule has 1 aliphatic heterocycles. The Morgan fingerprint density at radius 2 is 1.89 bits per heavy atom. The van der Waals surface area contributed by atoms with Crippen LogP contribution < -0.4 is 10.6 Å². The van der Waals surface area contributed by atoms with Crippen LogP contribution in [0.2, 0.25) is 0 Å². The summed E-state index contributed by atoms with van der Waals surface area (Å²) in [5.41, 5.74) is 3.89. The van der Waals surface area contributed by atoms with Crippen LogP contribution in [0.1, 0.15) is 35.3 Å². The van der Waals surface area contributed by atoms with Crippen molar-refractivity contribution in [3.05, 3.63) is 53.5 Å². The molecule has 3 aliphatic rings. The lowest BCUT2D eigenvalue weighted by Gasteiger charge is -2.27. The third-order valence-corrected chi connectivity index (χ3v) is 7.83. The normalized spacial score (nSPS) is 26.9. The van der Waals surface area contributed by atoms with Crippen LogP contribution in [0.5, 0.6) is 0 Å². The fourth-order valence-corrected chi connectivity index (χ4v) is 5.66. The van der Waals surface area contributed by atoms with Gasteiger partial charge in [-0.3, -0.25) is 5.32 Å². The number of hydrogen-bond acceptors (Lipinski definition) is 7. The summed E-state index contributed by atoms with van der Waals surface area (Å²) in [6.45, 7) is 2.76. The van der Waals surface area contributed by atoms with E-state index in [1.165, 1.54) is 17.5 Å². The zero-order valence-corrected chi connectivity index (χ0v) is 19.3. The topological polar surface area (TPSA) is 136 Å². The molecule has 2 fully saturated rings. The molecule has 2 amide bonds. The predicted molar refractivity (Wildman–Crippen MR) is 129 cm³/mol. The molecule has 184 valence electrons. The molecule has 0 spiro atoms. The molecule has 0 unspecified atom stereocenters. The highest BCUT2D eigenvalue weighted by molar-refractivity contribution is 5.97. The Labute approximate surface area is 202 Å². The minimum absolute atomic E-state index is 0.211. The van der Waals surface area contributed by atoms with E-state index in [1.807, 2.05) is 28.8 Å². The molecule has 1 saturated heterocycles. The van der Waals surface area contributed by atoms with E-state index >= 15 is 0 Å². The number of aryl methyl sites for hydroxylation is 2. The number of benzene rings is 1. The number of amides is 2. The predicted octanol–water partition coefficient (Wildman–Crippen LogP) is 0.983. The van der Waals surface area contributed by atoms with E-state index in [0.29, 0.717) is 36.4 Å². The van der Waals surface area contributed by atoms with Crippen LogP contribution in [-0.2, 0) is 12.8 Å². The maximum absolute atomic E-state index is 12.7. The molecule has 2 aromatic heterocycles. The summed E-state index contributed by atoms with van der Waals surface area (Å²) in [5, 5.41) is 39.6. The van der Waals surface area contributed by atoms with Crippen molar-refractivity contribution in [2.75, 3.05) is 31.5 Å². The van der Waals surface area contributed by atoms with Crippen molar-refractivity contribution in [2.45, 2.75) is 43.6 Å². The lowest BCUT2D eigenvalue weighted by atomic mass is 9.84. The molecular formula is C25H30N6O4. The second kappa shape index (κ2) is 8.87. The number of aromatic nitrogens is 3. The van der Waals surface area contributed by atoms with E-state index in [-0.39, 0.29) is 6.03 Å². The minimum Gasteiger partial charge on any atom is -0.390 e. The number of aliphatic hydroxyl groups excluding tert-OH is 3. The Hall–Kier alpha value is -3.05. The summed E-state index contributed by atoms with van der Waals surface area (Å²) < 4.78 is 1.82. The van der Waals surface area contributed by atoms with E-state index in [4.69, 9.17) is 0 Å². The van der Waals surface area contributed by atoms with E-state index in [1.54, 1.807) is 11.1 Å². The number of piperazine rings is 1. The van der Waals surface area contributed by atoms with E-state index in [0.717, 1.165) is 31.5 Å². The molecule has 0 radical (unpaired) electrons. The van der Waals surface area contributed by atoms with Crippen molar-refractivity contribution < 1.29 is 20.1 Å². The van der Waals surface area contributed by atoms with Crippen molar-refractivity contribution in [2.24, 2.45) is 5.92 Å². The van der Waals surface area contributed by atoms with Crippen LogP contribution >= 0.6 is 0 Å². The van der Waals surface area contributed by atoms with Gasteiger partial charge >= 0.3 is 6.03 Å². The summed E-state index contributed by atoms with van der Waals surface area (Å²) in [6.07, 6.45) is 2.63. The smallest absolute Gasteiger partial charge is 0.323 e. The van der Waals surface area contributed by atoms with Gasteiger partial charge in [0.15, 0.2) is 0 Å². The largest absolute Gasteiger partial charge is 0.390 e. The number of carbonyl (C=O) groups is 1. The van der Waals surface area contributed by atoms with E-state index < -0.39 is 30.3 Å². The summed E-state index contributed by atoms with van der Waals surface area (Å²) >= 11 is 0. The SMILES string of the molecule is O=C(Nc1ncnc2c1ccn2[C@@H]1C[C@H]([C@H](O)c2ccc3c(c2)CC3)[C@@H](O)[C@H]1O)N1CCNCC1. The number of rotatable bonds is 4. The molecule has 0 bridgehead atoms. The Kier molecular flexibility index (Phi) is 5.68. The standard InChI is InChI=1S/C25H30N6O4/c32-20(16-4-2-14-1-3-15(14)11-16)18-12-19(22(34)21(18)33)31-8-5-17-23(27-13-28-24(17)31)29-25(35)30-9-6-26-7-10-30/h2,4-5,8,11,13,18-22,26,32-34H,1,3,6-7,9-10,12H2,(H,27,28,29,35)/t18-,19-,20-,21-,22+/m1/s1. The first kappa shape index (κ1) is 22.4. The van der Waals surface area contributed by atoms with Gasteiger partial charge in [0, 0.05) is 38.3 Å². The second-order valence-electron chi connectivity index (χ2n) is 9.77. The number of hydrogen-bond donors (Lipinski definition) is 5. The third kappa shape index (κ3) is 3.86. The summed E-state index contributed by atoms with van der Waals surface area (Å²) in [7, 11) is 0. The average Bonchev–Trinajstić information content (AvgIpc) is 3.41. The first-order valence-corrected chi connectivity index (χ1v) is 12.3. The second-order valence-corrected chi connectivity index (χ2v) is 9.77. The molecule has 35 heavy (non-hydrogen) atoms. The van der Waals surface area contributed by atoms with Crippen molar-refractivity contribution >= 4 is 22.9 Å². The Morgan fingerprint density at radius 1 is 1.09 bits per heavy atom. The van der Waals surface area contributed by atoms with Gasteiger partial charge in [-0.25, -0.2) is 14.8 Å². The fourth-order valence-electron chi connectivity index (χ4n) is 5.66. The quantitative estimate of drug-likeness (QED) is 0.377. The number of carbonyl (C=O) groups excluding carboxylic acids is 1. The number of nitrogens with zero attached hydrogens (tertiary/aromatic N) is 4. The van der Waals surface area contributed by atoms with Gasteiger partial charge in [0.05, 0.1) is 23.6 Å². The Bertz CT molecular complexity index is 1260. The summed E-state index contributed by atoms with van der Waals surface area (Å²) in [4.78, 5) is 23.1. The lowest BCUT2D eigenvalue weighted by molar-refractivity contribution is -0.0264. The molecule has 10 heteroatoms. The number of anilines is 1. The van der Waals surface area contributed by atoms with Gasteiger partial charge in [0.2, 0.25) is 0 Å². The first-order valence-electron chi connectivity index (χ1n) is 12.3. The van der Waals surface area contributed by atoms with Crippen molar-refractivity contribution in [1.29, 1.82) is 0 Å². The van der Waals surface area contributed by atoms with E-state index in [9.17, 15) is 20.1 Å². The maximum atomic E-state index is 12.7. The monoisotopic (exact) mass is 478 g/mol. The van der Waals surface area contributed by atoms with Gasteiger partial charge in [0.1, 0.15) is 23.9 Å². The number of nitrogens with one attached hydrogen (secondary N) is 2. The van der Waals surface area contributed by atoms with Gasteiger partial charge in [-0.05, 0) is 42.0 Å². The van der Waals surface area contributed by atoms with Crippen LogP contribution in [0.3, 0.4) is 0 Å². The average molecular weight is 479 g/mol. The van der Waals surface area contributed by atoms with Crippen LogP contribution in [0, 0.1) is 5.92 Å². The van der Waals surface area contributed by atoms with Crippen LogP contribution in [0.25, 0.3) is 11.0 Å². The first-order chi connectivity index (χ1) is 17.0. The van der Waals surface area contributed by atoms with E-state index in [2.05, 4.69) is 20.6 Å². The minimum atomic E-state index is -1.08. The van der Waals surface area contributed by atoms with Gasteiger partial charge in [-0.2, -0.15) is 0 Å². The molecule has 6 rings (SSSR count). The maximum Gasteiger partial charge on any atom is 0.323 e. The van der Waals surface area contributed by atoms with Crippen LogP contribution in [-0.4, -0.2) is 79.2 Å². The molecule has 3 heterocycles. The summed E-state index contributed by atoms with van der Waals surface area (Å²) in [5.74, 6) is -0.108. The highest BCUT2D eigenvalue weighted by Gasteiger charge is 2.46. The molecule has 5 atom stereocenters. The van der Waals surface area contributed by atoms with Gasteiger partial charge < -0.3 is 30.1 Å². The van der Waals surface area contributed by atoms with Crippen molar-refractivity contribution in [1.82, 2.24) is 24.8 Å². The highest BCUT2D eigenvalue weighted by atomic mass is 16.3. The summed E-state index contributed by atoms with van der Waals surface area (Å²) in [6, 6.07) is 7.10. The highest BCUT2D eigenvalue weighted by Crippen LogP contribution is 2.44. The molecule has 10 nitrogen and oxygen atoms in total. The van der Waals surface area contributed by atoms with Crippen molar-refractivity contribution in [3.63, 3.8) is 0 Å². The number of fused-ring (bicyclic) bond motifs is 2. The fraction of sp³-hybridized carbons (Fsp3) is 0.480. The molecule has 5 N–H and O–H groups in total. The number of aliphatic hydroxyl groups is 3. The molecule has 1 saturated carbocycles. The number of urea groups is 1. The third-order valence-electron chi connectivity index (χ3n) is 7.83. The van der Waals surface area contributed by atoms with Crippen LogP contribution in [0.15, 0.2) is 36.8 Å². The molecule has 2 aliphatic carbocycles. The van der Waals surface area contributed by atoms with Gasteiger partial charge in [-0.1, -0.05) is 18.2 Å². The zero-order chi connectivity index (χ0) is 24.1. The van der Waals surface area contributed by atoms with Gasteiger partial charge in [-0.15, -0.1) is 0 Å². The molecular weight excluding hydrogens is 448 g/mol. The van der Waals surface area contributed by atoms with Crippen molar-refractivity contribution in [3.8, 4) is 0 Å². The Morgan fingerprint density at radius 3 is 2.63 bits per heavy atom.